The molecule has 19 heavy (non-hydrogen) atoms. The van der Waals surface area contributed by atoms with Crippen molar-refractivity contribution in [1.29, 1.82) is 0 Å². The largest absolute Gasteiger partial charge is 0.481 e. The van der Waals surface area contributed by atoms with E-state index >= 15 is 0 Å². The summed E-state index contributed by atoms with van der Waals surface area (Å²) in [5.41, 5.74) is 1.55. The number of hydrogen-bond acceptors (Lipinski definition) is 5. The minimum absolute atomic E-state index is 0.407. The van der Waals surface area contributed by atoms with Crippen LogP contribution < -0.4 is 4.74 Å². The molecule has 2 heterocycles. The highest BCUT2D eigenvalue weighted by Crippen LogP contribution is 2.44. The molecule has 0 aliphatic heterocycles. The van der Waals surface area contributed by atoms with Crippen LogP contribution in [0.4, 0.5) is 0 Å². The van der Waals surface area contributed by atoms with Gasteiger partial charge < -0.3 is 4.74 Å². The van der Waals surface area contributed by atoms with Crippen molar-refractivity contribution in [2.24, 2.45) is 0 Å². The van der Waals surface area contributed by atoms with Crippen molar-refractivity contribution in [3.63, 3.8) is 0 Å². The first-order chi connectivity index (χ1) is 9.19. The number of rotatable bonds is 3. The second-order valence-electron chi connectivity index (χ2n) is 4.26. The summed E-state index contributed by atoms with van der Waals surface area (Å²) in [5.74, 6) is 1.44. The van der Waals surface area contributed by atoms with Gasteiger partial charge in [0.25, 0.3) is 0 Å². The maximum absolute atomic E-state index is 6.14. The molecule has 98 valence electrons. The molecule has 0 radical (unpaired) electrons. The zero-order valence-corrected chi connectivity index (χ0v) is 12.4. The SMILES string of the molecule is COc1cc(-c2nc(Cl)c(Br)c(C3CC3)n2)ncn1. The van der Waals surface area contributed by atoms with E-state index in [-0.39, 0.29) is 0 Å². The van der Waals surface area contributed by atoms with Gasteiger partial charge in [-0.05, 0) is 28.8 Å². The number of ether oxygens (including phenoxy) is 1. The number of hydrogen-bond donors (Lipinski definition) is 0. The molecule has 1 aliphatic rings. The average molecular weight is 342 g/mol. The van der Waals surface area contributed by atoms with E-state index in [2.05, 4.69) is 35.9 Å². The molecular formula is C12H10BrClN4O. The molecule has 0 amide bonds. The lowest BCUT2D eigenvalue weighted by atomic mass is 10.2. The third kappa shape index (κ3) is 2.55. The molecule has 5 nitrogen and oxygen atoms in total. The van der Waals surface area contributed by atoms with Crippen LogP contribution in [-0.4, -0.2) is 27.0 Å². The summed E-state index contributed by atoms with van der Waals surface area (Å²) >= 11 is 9.58. The molecule has 1 fully saturated rings. The average Bonchev–Trinajstić information content (AvgIpc) is 3.26. The van der Waals surface area contributed by atoms with Crippen molar-refractivity contribution >= 4 is 27.5 Å². The molecule has 0 saturated heterocycles. The monoisotopic (exact) mass is 340 g/mol. The van der Waals surface area contributed by atoms with E-state index in [0.29, 0.717) is 28.5 Å². The van der Waals surface area contributed by atoms with Crippen LogP contribution in [0.3, 0.4) is 0 Å². The maximum Gasteiger partial charge on any atom is 0.216 e. The minimum Gasteiger partial charge on any atom is -0.481 e. The van der Waals surface area contributed by atoms with Crippen LogP contribution in [0.2, 0.25) is 5.15 Å². The van der Waals surface area contributed by atoms with Gasteiger partial charge in [-0.1, -0.05) is 11.6 Å². The molecule has 2 aromatic heterocycles. The second-order valence-corrected chi connectivity index (χ2v) is 5.41. The second kappa shape index (κ2) is 5.02. The highest BCUT2D eigenvalue weighted by molar-refractivity contribution is 9.10. The molecule has 0 atom stereocenters. The van der Waals surface area contributed by atoms with Crippen LogP contribution in [0.1, 0.15) is 24.5 Å². The van der Waals surface area contributed by atoms with Crippen LogP contribution in [0.25, 0.3) is 11.5 Å². The van der Waals surface area contributed by atoms with Crippen molar-refractivity contribution in [3.8, 4) is 17.4 Å². The molecule has 0 unspecified atom stereocenters. The Labute approximate surface area is 123 Å². The predicted molar refractivity (Wildman–Crippen MR) is 74.3 cm³/mol. The van der Waals surface area contributed by atoms with Gasteiger partial charge in [-0.3, -0.25) is 0 Å². The van der Waals surface area contributed by atoms with Crippen molar-refractivity contribution in [3.05, 3.63) is 27.7 Å². The number of methoxy groups -OCH3 is 1. The third-order valence-corrected chi connectivity index (χ3v) is 4.16. The van der Waals surface area contributed by atoms with Gasteiger partial charge in [0.1, 0.15) is 17.2 Å². The van der Waals surface area contributed by atoms with Crippen molar-refractivity contribution < 1.29 is 4.74 Å². The molecule has 0 N–H and O–H groups in total. The van der Waals surface area contributed by atoms with Gasteiger partial charge in [0.15, 0.2) is 5.82 Å². The number of nitrogens with zero attached hydrogens (tertiary/aromatic N) is 4. The number of aromatic nitrogens is 4. The fourth-order valence-electron chi connectivity index (χ4n) is 1.75. The fraction of sp³-hybridized carbons (Fsp3) is 0.333. The van der Waals surface area contributed by atoms with E-state index in [1.807, 2.05) is 0 Å². The molecule has 0 spiro atoms. The third-order valence-electron chi connectivity index (χ3n) is 2.88. The van der Waals surface area contributed by atoms with E-state index in [0.717, 1.165) is 23.0 Å². The summed E-state index contributed by atoms with van der Waals surface area (Å²) < 4.78 is 5.85. The van der Waals surface area contributed by atoms with Gasteiger partial charge in [0.2, 0.25) is 5.88 Å². The van der Waals surface area contributed by atoms with Crippen LogP contribution >= 0.6 is 27.5 Å². The first-order valence-electron chi connectivity index (χ1n) is 5.78. The quantitative estimate of drug-likeness (QED) is 0.802. The lowest BCUT2D eigenvalue weighted by Gasteiger charge is -2.07. The van der Waals surface area contributed by atoms with Crippen molar-refractivity contribution in [2.45, 2.75) is 18.8 Å². The van der Waals surface area contributed by atoms with Crippen LogP contribution in [0, 0.1) is 0 Å². The minimum atomic E-state index is 0.407. The maximum atomic E-state index is 6.14. The Balaban J connectivity index is 2.08. The summed E-state index contributed by atoms with van der Waals surface area (Å²) in [6, 6.07) is 1.69. The Hall–Kier alpha value is -1.27. The molecule has 1 aliphatic carbocycles. The lowest BCUT2D eigenvalue weighted by Crippen LogP contribution is -1.99. The van der Waals surface area contributed by atoms with Crippen LogP contribution in [0.5, 0.6) is 5.88 Å². The molecule has 3 rings (SSSR count). The van der Waals surface area contributed by atoms with E-state index in [9.17, 15) is 0 Å². The summed E-state index contributed by atoms with van der Waals surface area (Å²) in [6.07, 6.45) is 3.70. The summed E-state index contributed by atoms with van der Waals surface area (Å²) in [7, 11) is 1.55. The fourth-order valence-corrected chi connectivity index (χ4v) is 2.43. The van der Waals surface area contributed by atoms with Gasteiger partial charge in [-0.2, -0.15) is 0 Å². The van der Waals surface area contributed by atoms with Crippen molar-refractivity contribution in [2.75, 3.05) is 7.11 Å². The Morgan fingerprint density at radius 3 is 2.79 bits per heavy atom. The van der Waals surface area contributed by atoms with Gasteiger partial charge in [-0.25, -0.2) is 19.9 Å². The highest BCUT2D eigenvalue weighted by atomic mass is 79.9. The number of halogens is 2. The highest BCUT2D eigenvalue weighted by Gasteiger charge is 2.29. The van der Waals surface area contributed by atoms with Gasteiger partial charge in [0, 0.05) is 12.0 Å². The van der Waals surface area contributed by atoms with Crippen molar-refractivity contribution in [1.82, 2.24) is 19.9 Å². The smallest absolute Gasteiger partial charge is 0.216 e. The predicted octanol–water partition coefficient (Wildman–Crippen LogP) is 3.24. The summed E-state index contributed by atoms with van der Waals surface area (Å²) in [6.45, 7) is 0. The molecule has 0 bridgehead atoms. The summed E-state index contributed by atoms with van der Waals surface area (Å²) in [5, 5.41) is 0.407. The zero-order valence-electron chi connectivity index (χ0n) is 10.1. The topological polar surface area (TPSA) is 60.8 Å². The normalized spacial score (nSPS) is 14.5. The Morgan fingerprint density at radius 2 is 2.11 bits per heavy atom. The van der Waals surface area contributed by atoms with Gasteiger partial charge >= 0.3 is 0 Å². The molecular weight excluding hydrogens is 332 g/mol. The summed E-state index contributed by atoms with van der Waals surface area (Å²) in [4.78, 5) is 16.9. The Bertz CT molecular complexity index is 633. The first-order valence-corrected chi connectivity index (χ1v) is 6.95. The van der Waals surface area contributed by atoms with E-state index in [1.165, 1.54) is 6.33 Å². The first kappa shape index (κ1) is 12.7. The Kier molecular flexibility index (Phi) is 3.36. The van der Waals surface area contributed by atoms with E-state index < -0.39 is 0 Å². The molecule has 7 heteroatoms. The molecule has 1 saturated carbocycles. The van der Waals surface area contributed by atoms with Gasteiger partial charge in [0.05, 0.1) is 17.3 Å². The standard InChI is InChI=1S/C12H10BrClN4O/c1-19-8-4-7(15-5-16-8)12-17-10(6-2-3-6)9(13)11(14)18-12/h4-6H,2-3H2,1H3. The van der Waals surface area contributed by atoms with E-state index in [1.54, 1.807) is 13.2 Å². The molecule has 2 aromatic rings. The Morgan fingerprint density at radius 1 is 1.32 bits per heavy atom. The molecule has 0 aromatic carbocycles. The van der Waals surface area contributed by atoms with Crippen LogP contribution in [-0.2, 0) is 0 Å². The van der Waals surface area contributed by atoms with Crippen LogP contribution in [0.15, 0.2) is 16.9 Å². The lowest BCUT2D eigenvalue weighted by molar-refractivity contribution is 0.397. The zero-order chi connectivity index (χ0) is 13.4. The van der Waals surface area contributed by atoms with E-state index in [4.69, 9.17) is 16.3 Å². The van der Waals surface area contributed by atoms with Gasteiger partial charge in [-0.15, -0.1) is 0 Å².